The fourth-order valence-corrected chi connectivity index (χ4v) is 4.95. The molecule has 0 unspecified atom stereocenters. The first-order valence-corrected chi connectivity index (χ1v) is 14.5. The molecule has 0 atom stereocenters. The molecule has 1 heterocycles. The Balaban J connectivity index is 1.66. The minimum Gasteiger partial charge on any atom is -0.494 e. The van der Waals surface area contributed by atoms with E-state index in [1.807, 2.05) is 44.2 Å². The summed E-state index contributed by atoms with van der Waals surface area (Å²) in [6.45, 7) is 8.73. The minimum absolute atomic E-state index is 0.140. The summed E-state index contributed by atoms with van der Waals surface area (Å²) in [4.78, 5) is 29.9. The first-order chi connectivity index (χ1) is 21.2. The van der Waals surface area contributed by atoms with E-state index in [0.29, 0.717) is 39.7 Å². The average molecular weight is 611 g/mol. The molecule has 0 fully saturated rings. The molecule has 0 aliphatic heterocycles. The molecule has 0 aliphatic rings. The molecule has 4 aromatic carbocycles. The van der Waals surface area contributed by atoms with Crippen molar-refractivity contribution in [1.29, 1.82) is 0 Å². The van der Waals surface area contributed by atoms with Crippen LogP contribution in [0.15, 0.2) is 88.8 Å². The van der Waals surface area contributed by atoms with E-state index in [-0.39, 0.29) is 23.8 Å². The second kappa shape index (κ2) is 13.1. The molecule has 5 rings (SSSR count). The molecule has 0 amide bonds. The zero-order valence-corrected chi connectivity index (χ0v) is 25.5. The molecule has 10 heteroatoms. The Hall–Kier alpha value is -5.02. The number of fused-ring (bicyclic) bond motifs is 1. The van der Waals surface area contributed by atoms with Gasteiger partial charge in [0.15, 0.2) is 5.82 Å². The largest absolute Gasteiger partial charge is 0.494 e. The number of halogens is 1. The average Bonchev–Trinajstić information content (AvgIpc) is 3.00. The Morgan fingerprint density at radius 2 is 1.77 bits per heavy atom. The van der Waals surface area contributed by atoms with Crippen molar-refractivity contribution < 1.29 is 14.4 Å². The zero-order valence-electron chi connectivity index (χ0n) is 24.8. The maximum absolute atomic E-state index is 13.9. The third kappa shape index (κ3) is 6.48. The number of hydrogen-bond acceptors (Lipinski definition) is 7. The number of para-hydroxylation sites is 1. The predicted octanol–water partition coefficient (Wildman–Crippen LogP) is 7.92. The van der Waals surface area contributed by atoms with Crippen molar-refractivity contribution in [2.45, 2.75) is 40.2 Å². The smallest absolute Gasteiger partial charge is 0.282 e. The summed E-state index contributed by atoms with van der Waals surface area (Å²) in [5.74, 6) is 1.62. The molecular weight excluding hydrogens is 580 g/mol. The van der Waals surface area contributed by atoms with Crippen LogP contribution in [0.5, 0.6) is 11.5 Å². The van der Waals surface area contributed by atoms with Crippen molar-refractivity contribution in [2.24, 2.45) is 5.10 Å². The van der Waals surface area contributed by atoms with Crippen LogP contribution in [0, 0.1) is 17.0 Å². The van der Waals surface area contributed by atoms with E-state index in [9.17, 15) is 14.9 Å². The molecule has 0 aliphatic carbocycles. The second-order valence-corrected chi connectivity index (χ2v) is 10.9. The van der Waals surface area contributed by atoms with Gasteiger partial charge < -0.3 is 9.47 Å². The Bertz CT molecular complexity index is 1930. The highest BCUT2D eigenvalue weighted by molar-refractivity contribution is 6.30. The van der Waals surface area contributed by atoms with Crippen LogP contribution in [0.2, 0.25) is 5.02 Å². The number of non-ortho nitro benzene ring substituents is 1. The monoisotopic (exact) mass is 610 g/mol. The van der Waals surface area contributed by atoms with Gasteiger partial charge in [-0.05, 0) is 78.9 Å². The topological polar surface area (TPSA) is 109 Å². The molecule has 0 N–H and O–H groups in total. The van der Waals surface area contributed by atoms with Crippen molar-refractivity contribution in [3.63, 3.8) is 0 Å². The lowest BCUT2D eigenvalue weighted by atomic mass is 9.96. The van der Waals surface area contributed by atoms with Gasteiger partial charge >= 0.3 is 0 Å². The van der Waals surface area contributed by atoms with Crippen molar-refractivity contribution >= 4 is 34.4 Å². The quantitative estimate of drug-likeness (QED) is 0.0902. The van der Waals surface area contributed by atoms with Gasteiger partial charge in [-0.25, -0.2) is 4.98 Å². The molecule has 5 aromatic rings. The van der Waals surface area contributed by atoms with E-state index in [1.165, 1.54) is 29.1 Å². The van der Waals surface area contributed by atoms with Crippen LogP contribution in [0.25, 0.3) is 22.3 Å². The third-order valence-corrected chi connectivity index (χ3v) is 7.35. The summed E-state index contributed by atoms with van der Waals surface area (Å²) >= 11 is 6.00. The summed E-state index contributed by atoms with van der Waals surface area (Å²) in [6, 6.07) is 22.4. The summed E-state index contributed by atoms with van der Waals surface area (Å²) in [5.41, 5.74) is 3.74. The zero-order chi connectivity index (χ0) is 31.4. The van der Waals surface area contributed by atoms with E-state index in [4.69, 9.17) is 26.1 Å². The normalized spacial score (nSPS) is 11.4. The molecule has 1 aromatic heterocycles. The van der Waals surface area contributed by atoms with Crippen LogP contribution in [-0.4, -0.2) is 27.4 Å². The van der Waals surface area contributed by atoms with Crippen LogP contribution in [0.1, 0.15) is 48.9 Å². The van der Waals surface area contributed by atoms with Gasteiger partial charge in [-0.15, -0.1) is 0 Å². The molecular formula is C34H31ClN4O5. The van der Waals surface area contributed by atoms with Gasteiger partial charge in [0, 0.05) is 28.3 Å². The van der Waals surface area contributed by atoms with Crippen molar-refractivity contribution in [1.82, 2.24) is 9.66 Å². The number of nitro groups is 1. The number of benzene rings is 4. The number of aryl methyl sites for hydroxylation is 1. The third-order valence-electron chi connectivity index (χ3n) is 7.10. The second-order valence-electron chi connectivity index (χ2n) is 10.5. The Kier molecular flexibility index (Phi) is 9.06. The van der Waals surface area contributed by atoms with E-state index in [1.54, 1.807) is 30.3 Å². The van der Waals surface area contributed by atoms with Gasteiger partial charge in [-0.1, -0.05) is 49.7 Å². The summed E-state index contributed by atoms with van der Waals surface area (Å²) in [7, 11) is 0. The molecule has 0 bridgehead atoms. The van der Waals surface area contributed by atoms with Crippen LogP contribution in [0.3, 0.4) is 0 Å². The van der Waals surface area contributed by atoms with Crippen molar-refractivity contribution in [3.8, 4) is 22.9 Å². The van der Waals surface area contributed by atoms with Gasteiger partial charge in [-0.2, -0.15) is 9.78 Å². The minimum atomic E-state index is -0.494. The fourth-order valence-electron chi connectivity index (χ4n) is 4.82. The number of nitro benzene ring substituents is 1. The molecule has 0 spiro atoms. The molecule has 224 valence electrons. The highest BCUT2D eigenvalue weighted by Gasteiger charge is 2.19. The van der Waals surface area contributed by atoms with Crippen LogP contribution in [0.4, 0.5) is 5.69 Å². The number of aromatic nitrogens is 2. The number of nitrogens with zero attached hydrogens (tertiary/aromatic N) is 4. The predicted molar refractivity (Wildman–Crippen MR) is 173 cm³/mol. The Labute approximate surface area is 259 Å². The highest BCUT2D eigenvalue weighted by atomic mass is 35.5. The fraction of sp³-hybridized carbons (Fsp3) is 0.206. The lowest BCUT2D eigenvalue weighted by molar-refractivity contribution is -0.384. The summed E-state index contributed by atoms with van der Waals surface area (Å²) in [5, 5.41) is 17.2. The Morgan fingerprint density at radius 3 is 2.48 bits per heavy atom. The van der Waals surface area contributed by atoms with Gasteiger partial charge in [0.2, 0.25) is 0 Å². The van der Waals surface area contributed by atoms with Gasteiger partial charge in [0.1, 0.15) is 18.1 Å². The Morgan fingerprint density at radius 1 is 1.02 bits per heavy atom. The molecule has 0 saturated carbocycles. The number of rotatable bonds is 10. The molecule has 0 radical (unpaired) electrons. The van der Waals surface area contributed by atoms with E-state index in [2.05, 4.69) is 18.9 Å². The van der Waals surface area contributed by atoms with Crippen LogP contribution in [-0.2, 0) is 6.61 Å². The van der Waals surface area contributed by atoms with Crippen molar-refractivity contribution in [3.05, 3.63) is 127 Å². The van der Waals surface area contributed by atoms with Gasteiger partial charge in [0.05, 0.1) is 28.6 Å². The van der Waals surface area contributed by atoms with E-state index in [0.717, 1.165) is 28.0 Å². The first-order valence-electron chi connectivity index (χ1n) is 14.2. The highest BCUT2D eigenvalue weighted by Crippen LogP contribution is 2.34. The lowest BCUT2D eigenvalue weighted by Crippen LogP contribution is -2.21. The van der Waals surface area contributed by atoms with E-state index < -0.39 is 4.92 Å². The molecule has 44 heavy (non-hydrogen) atoms. The SMILES string of the molecule is CCOc1cc(C)c(-c2nc3ccccc3c(=O)n2N=Cc2cc([N+](=O)[O-])ccc2OCc2ccc(Cl)cc2)cc1C(C)C. The summed E-state index contributed by atoms with van der Waals surface area (Å²) < 4.78 is 13.2. The van der Waals surface area contributed by atoms with Gasteiger partial charge in [0.25, 0.3) is 11.2 Å². The van der Waals surface area contributed by atoms with E-state index >= 15 is 0 Å². The maximum Gasteiger partial charge on any atom is 0.282 e. The lowest BCUT2D eigenvalue weighted by Gasteiger charge is -2.18. The van der Waals surface area contributed by atoms with Gasteiger partial charge in [-0.3, -0.25) is 14.9 Å². The summed E-state index contributed by atoms with van der Waals surface area (Å²) in [6.07, 6.45) is 1.39. The number of hydrogen-bond donors (Lipinski definition) is 0. The van der Waals surface area contributed by atoms with Crippen LogP contribution >= 0.6 is 11.6 Å². The molecule has 0 saturated heterocycles. The first kappa shape index (κ1) is 30.4. The standard InChI is InChI=1S/C34H31ClN4O5/c1-5-43-32-16-22(4)29(18-28(32)21(2)3)33-37-30-9-7-6-8-27(30)34(40)38(33)36-19-24-17-26(39(41)42)14-15-31(24)44-20-23-10-12-25(35)13-11-23/h6-19,21H,5,20H2,1-4H3. The van der Waals surface area contributed by atoms with Crippen molar-refractivity contribution in [2.75, 3.05) is 6.61 Å². The number of ether oxygens (including phenoxy) is 2. The van der Waals surface area contributed by atoms with Crippen LogP contribution < -0.4 is 15.0 Å². The molecule has 9 nitrogen and oxygen atoms in total. The maximum atomic E-state index is 13.9.